The van der Waals surface area contributed by atoms with Crippen LogP contribution in [0.4, 0.5) is 0 Å². The molecule has 0 amide bonds. The number of hydrogen-bond acceptors (Lipinski definition) is 2. The molecule has 13 heavy (non-hydrogen) atoms. The largest absolute Gasteiger partial charge is 0.330 e. The summed E-state index contributed by atoms with van der Waals surface area (Å²) in [5, 5.41) is 0. The molecule has 0 aromatic rings. The first-order valence-corrected chi connectivity index (χ1v) is 5.87. The molecule has 0 bridgehead atoms. The minimum atomic E-state index is 0.823. The van der Waals surface area contributed by atoms with Gasteiger partial charge in [0, 0.05) is 12.1 Å². The van der Waals surface area contributed by atoms with Crippen LogP contribution in [-0.2, 0) is 0 Å². The van der Waals surface area contributed by atoms with Crippen molar-refractivity contribution in [3.8, 4) is 0 Å². The summed E-state index contributed by atoms with van der Waals surface area (Å²) in [5.41, 5.74) is 5.65. The quantitative estimate of drug-likeness (QED) is 0.720. The topological polar surface area (TPSA) is 29.3 Å². The lowest BCUT2D eigenvalue weighted by atomic mass is 9.87. The Morgan fingerprint density at radius 3 is 2.54 bits per heavy atom. The second-order valence-electron chi connectivity index (χ2n) is 4.55. The summed E-state index contributed by atoms with van der Waals surface area (Å²) in [4.78, 5) is 2.75. The molecule has 1 aliphatic heterocycles. The third kappa shape index (κ3) is 2.05. The molecule has 0 spiro atoms. The first-order chi connectivity index (χ1) is 6.42. The van der Waals surface area contributed by atoms with Crippen LogP contribution in [0.1, 0.15) is 44.9 Å². The van der Waals surface area contributed by atoms with Gasteiger partial charge in [-0.3, -0.25) is 4.90 Å². The summed E-state index contributed by atoms with van der Waals surface area (Å²) in [7, 11) is 0. The van der Waals surface area contributed by atoms with Crippen molar-refractivity contribution in [2.24, 2.45) is 5.73 Å². The van der Waals surface area contributed by atoms with Crippen molar-refractivity contribution in [2.45, 2.75) is 57.0 Å². The Morgan fingerprint density at radius 2 is 1.92 bits per heavy atom. The van der Waals surface area contributed by atoms with Crippen molar-refractivity contribution in [2.75, 3.05) is 13.1 Å². The van der Waals surface area contributed by atoms with Crippen LogP contribution in [-0.4, -0.2) is 30.1 Å². The molecule has 2 aliphatic rings. The van der Waals surface area contributed by atoms with Crippen LogP contribution in [0.5, 0.6) is 0 Å². The molecule has 1 saturated heterocycles. The van der Waals surface area contributed by atoms with Crippen molar-refractivity contribution in [3.05, 3.63) is 0 Å². The Morgan fingerprint density at radius 1 is 1.08 bits per heavy atom. The van der Waals surface area contributed by atoms with Crippen molar-refractivity contribution in [1.82, 2.24) is 4.90 Å². The van der Waals surface area contributed by atoms with E-state index < -0.39 is 0 Å². The van der Waals surface area contributed by atoms with Gasteiger partial charge in [0.2, 0.25) is 0 Å². The van der Waals surface area contributed by atoms with E-state index in [4.69, 9.17) is 5.73 Å². The Kier molecular flexibility index (Phi) is 3.23. The standard InChI is InChI=1S/C11H22N2/c12-8-7-11-4-1-2-9-13(11)10-5-3-6-10/h10-11H,1-9,12H2. The zero-order chi connectivity index (χ0) is 9.10. The van der Waals surface area contributed by atoms with E-state index in [0.29, 0.717) is 0 Å². The predicted octanol–water partition coefficient (Wildman–Crippen LogP) is 1.74. The molecule has 1 saturated carbocycles. The van der Waals surface area contributed by atoms with E-state index >= 15 is 0 Å². The summed E-state index contributed by atoms with van der Waals surface area (Å²) in [6.45, 7) is 2.21. The first-order valence-electron chi connectivity index (χ1n) is 5.87. The molecule has 1 atom stereocenters. The van der Waals surface area contributed by atoms with Gasteiger partial charge in [-0.2, -0.15) is 0 Å². The van der Waals surface area contributed by atoms with Crippen LogP contribution in [0.25, 0.3) is 0 Å². The molecule has 0 aromatic heterocycles. The molecule has 1 heterocycles. The Labute approximate surface area is 81.5 Å². The molecule has 0 aromatic carbocycles. The highest BCUT2D eigenvalue weighted by Crippen LogP contribution is 2.31. The van der Waals surface area contributed by atoms with E-state index in [1.54, 1.807) is 0 Å². The minimum Gasteiger partial charge on any atom is -0.330 e. The van der Waals surface area contributed by atoms with E-state index in [1.165, 1.54) is 51.5 Å². The maximum atomic E-state index is 5.65. The number of piperidine rings is 1. The molecule has 0 radical (unpaired) electrons. The molecule has 76 valence electrons. The van der Waals surface area contributed by atoms with Gasteiger partial charge in [-0.25, -0.2) is 0 Å². The van der Waals surface area contributed by atoms with E-state index in [2.05, 4.69) is 4.90 Å². The summed E-state index contributed by atoms with van der Waals surface area (Å²) in [5.74, 6) is 0. The minimum absolute atomic E-state index is 0.823. The third-order valence-electron chi connectivity index (χ3n) is 3.72. The van der Waals surface area contributed by atoms with Crippen LogP contribution in [0, 0.1) is 0 Å². The SMILES string of the molecule is NCCC1CCCCN1C1CCC1. The van der Waals surface area contributed by atoms with Crippen LogP contribution < -0.4 is 5.73 Å². The van der Waals surface area contributed by atoms with Crippen molar-refractivity contribution in [1.29, 1.82) is 0 Å². The fourth-order valence-corrected chi connectivity index (χ4v) is 2.72. The van der Waals surface area contributed by atoms with Gasteiger partial charge in [0.15, 0.2) is 0 Å². The summed E-state index contributed by atoms with van der Waals surface area (Å²) < 4.78 is 0. The molecule has 2 heteroatoms. The molecule has 2 fully saturated rings. The second-order valence-corrected chi connectivity index (χ2v) is 4.55. The molecule has 2 nitrogen and oxygen atoms in total. The number of hydrogen-bond donors (Lipinski definition) is 1. The maximum absolute atomic E-state index is 5.65. The van der Waals surface area contributed by atoms with Crippen molar-refractivity contribution in [3.63, 3.8) is 0 Å². The average Bonchev–Trinajstić information content (AvgIpc) is 2.05. The molecule has 1 aliphatic carbocycles. The fourth-order valence-electron chi connectivity index (χ4n) is 2.72. The Hall–Kier alpha value is -0.0800. The lowest BCUT2D eigenvalue weighted by Gasteiger charge is -2.45. The number of rotatable bonds is 3. The lowest BCUT2D eigenvalue weighted by molar-refractivity contribution is 0.0488. The third-order valence-corrected chi connectivity index (χ3v) is 3.72. The highest BCUT2D eigenvalue weighted by molar-refractivity contribution is 4.87. The van der Waals surface area contributed by atoms with Crippen LogP contribution >= 0.6 is 0 Å². The number of nitrogens with zero attached hydrogens (tertiary/aromatic N) is 1. The average molecular weight is 182 g/mol. The molecular weight excluding hydrogens is 160 g/mol. The van der Waals surface area contributed by atoms with E-state index in [1.807, 2.05) is 0 Å². The molecule has 2 N–H and O–H groups in total. The van der Waals surface area contributed by atoms with E-state index in [-0.39, 0.29) is 0 Å². The van der Waals surface area contributed by atoms with Crippen molar-refractivity contribution >= 4 is 0 Å². The van der Waals surface area contributed by atoms with Gasteiger partial charge in [-0.1, -0.05) is 12.8 Å². The van der Waals surface area contributed by atoms with E-state index in [0.717, 1.165) is 18.6 Å². The lowest BCUT2D eigenvalue weighted by Crippen LogP contribution is -2.49. The van der Waals surface area contributed by atoms with Crippen molar-refractivity contribution < 1.29 is 0 Å². The monoisotopic (exact) mass is 182 g/mol. The number of likely N-dealkylation sites (tertiary alicyclic amines) is 1. The summed E-state index contributed by atoms with van der Waals surface area (Å²) in [6, 6.07) is 1.75. The van der Waals surface area contributed by atoms with Gasteiger partial charge >= 0.3 is 0 Å². The molecular formula is C11H22N2. The summed E-state index contributed by atoms with van der Waals surface area (Å²) >= 11 is 0. The summed E-state index contributed by atoms with van der Waals surface area (Å²) in [6.07, 6.45) is 9.80. The van der Waals surface area contributed by atoms with Gasteiger partial charge in [-0.05, 0) is 45.2 Å². The zero-order valence-corrected chi connectivity index (χ0v) is 8.54. The second kappa shape index (κ2) is 4.43. The van der Waals surface area contributed by atoms with Gasteiger partial charge in [0.1, 0.15) is 0 Å². The zero-order valence-electron chi connectivity index (χ0n) is 8.54. The number of nitrogens with two attached hydrogens (primary N) is 1. The predicted molar refractivity (Wildman–Crippen MR) is 55.7 cm³/mol. The van der Waals surface area contributed by atoms with Crippen LogP contribution in [0.15, 0.2) is 0 Å². The molecule has 1 unspecified atom stereocenters. The van der Waals surface area contributed by atoms with Gasteiger partial charge in [-0.15, -0.1) is 0 Å². The highest BCUT2D eigenvalue weighted by atomic mass is 15.2. The Bertz CT molecular complexity index is 152. The Balaban J connectivity index is 1.87. The van der Waals surface area contributed by atoms with Gasteiger partial charge < -0.3 is 5.73 Å². The maximum Gasteiger partial charge on any atom is 0.0110 e. The normalized spacial score (nSPS) is 31.6. The van der Waals surface area contributed by atoms with Crippen LogP contribution in [0.2, 0.25) is 0 Å². The van der Waals surface area contributed by atoms with Gasteiger partial charge in [0.05, 0.1) is 0 Å². The molecule has 2 rings (SSSR count). The van der Waals surface area contributed by atoms with Crippen LogP contribution in [0.3, 0.4) is 0 Å². The van der Waals surface area contributed by atoms with Gasteiger partial charge in [0.25, 0.3) is 0 Å². The fraction of sp³-hybridized carbons (Fsp3) is 1.00. The smallest absolute Gasteiger partial charge is 0.0110 e. The van der Waals surface area contributed by atoms with E-state index in [9.17, 15) is 0 Å². The highest BCUT2D eigenvalue weighted by Gasteiger charge is 2.31. The first kappa shape index (κ1) is 9.47.